The van der Waals surface area contributed by atoms with Crippen molar-refractivity contribution in [2.24, 2.45) is 0 Å². The number of carbonyl (C=O) groups excluding carboxylic acids is 1. The normalized spacial score (nSPS) is 23.4. The lowest BCUT2D eigenvalue weighted by atomic mass is 10.1. The quantitative estimate of drug-likeness (QED) is 0.924. The number of nitrogens with zero attached hydrogens (tertiary/aromatic N) is 2. The Balaban J connectivity index is 1.77. The number of carbonyl (C=O) groups is 1. The molecule has 114 valence electrons. The van der Waals surface area contributed by atoms with Gasteiger partial charge in [0.05, 0.1) is 5.69 Å². The van der Waals surface area contributed by atoms with Gasteiger partial charge in [0.1, 0.15) is 5.82 Å². The third-order valence-corrected chi connectivity index (χ3v) is 4.74. The predicted molar refractivity (Wildman–Crippen MR) is 80.8 cm³/mol. The average molecular weight is 291 g/mol. The van der Waals surface area contributed by atoms with Crippen LogP contribution in [0.15, 0.2) is 18.2 Å². The van der Waals surface area contributed by atoms with Crippen LogP contribution in [0.5, 0.6) is 0 Å². The highest BCUT2D eigenvalue weighted by Gasteiger charge is 2.36. The molecule has 0 aliphatic carbocycles. The summed E-state index contributed by atoms with van der Waals surface area (Å²) in [7, 11) is 1.87. The van der Waals surface area contributed by atoms with Crippen molar-refractivity contribution in [1.82, 2.24) is 10.2 Å². The second-order valence-electron chi connectivity index (χ2n) is 5.95. The zero-order chi connectivity index (χ0) is 15.0. The van der Waals surface area contributed by atoms with Gasteiger partial charge in [-0.15, -0.1) is 0 Å². The van der Waals surface area contributed by atoms with Gasteiger partial charge in [0.2, 0.25) is 5.91 Å². The third-order valence-electron chi connectivity index (χ3n) is 4.74. The van der Waals surface area contributed by atoms with Gasteiger partial charge in [0, 0.05) is 38.1 Å². The average Bonchev–Trinajstić information content (AvgIpc) is 2.87. The molecule has 0 aromatic heterocycles. The second-order valence-corrected chi connectivity index (χ2v) is 5.95. The molecule has 1 aromatic carbocycles. The largest absolute Gasteiger partial charge is 0.365 e. The van der Waals surface area contributed by atoms with Crippen LogP contribution in [0.1, 0.15) is 31.4 Å². The molecule has 2 unspecified atom stereocenters. The lowest BCUT2D eigenvalue weighted by Gasteiger charge is -2.39. The number of anilines is 1. The molecular formula is C16H22FN3O. The Morgan fingerprint density at radius 3 is 2.90 bits per heavy atom. The highest BCUT2D eigenvalue weighted by molar-refractivity contribution is 5.79. The summed E-state index contributed by atoms with van der Waals surface area (Å²) in [5.41, 5.74) is 1.61. The first-order valence-electron chi connectivity index (χ1n) is 7.61. The van der Waals surface area contributed by atoms with E-state index in [1.165, 1.54) is 0 Å². The summed E-state index contributed by atoms with van der Waals surface area (Å²) in [5, 5.41) is 3.12. The predicted octanol–water partition coefficient (Wildman–Crippen LogP) is 1.92. The van der Waals surface area contributed by atoms with Crippen LogP contribution in [0.25, 0.3) is 0 Å². The van der Waals surface area contributed by atoms with Crippen LogP contribution in [0.2, 0.25) is 0 Å². The van der Waals surface area contributed by atoms with Gasteiger partial charge in [0.15, 0.2) is 0 Å². The second kappa shape index (κ2) is 5.64. The number of rotatable bonds is 3. The van der Waals surface area contributed by atoms with Gasteiger partial charge in [-0.25, -0.2) is 4.39 Å². The Kier molecular flexibility index (Phi) is 3.85. The molecule has 1 aromatic rings. The summed E-state index contributed by atoms with van der Waals surface area (Å²) >= 11 is 0. The summed E-state index contributed by atoms with van der Waals surface area (Å²) in [6.45, 7) is 4.17. The van der Waals surface area contributed by atoms with E-state index in [9.17, 15) is 9.18 Å². The van der Waals surface area contributed by atoms with Crippen molar-refractivity contribution in [3.8, 4) is 0 Å². The number of piperazine rings is 1. The Bertz CT molecular complexity index is 548. The number of hydrogen-bond acceptors (Lipinski definition) is 3. The van der Waals surface area contributed by atoms with Crippen LogP contribution in [0.3, 0.4) is 0 Å². The first-order valence-corrected chi connectivity index (χ1v) is 7.61. The molecular weight excluding hydrogens is 269 g/mol. The molecule has 2 heterocycles. The maximum atomic E-state index is 14.4. The van der Waals surface area contributed by atoms with Crippen LogP contribution in [0.4, 0.5) is 10.1 Å². The fraction of sp³-hybridized carbons (Fsp3) is 0.562. The molecule has 2 saturated heterocycles. The molecule has 2 aliphatic rings. The molecule has 3 rings (SSSR count). The first-order chi connectivity index (χ1) is 10.1. The van der Waals surface area contributed by atoms with Crippen LogP contribution in [-0.2, 0) is 4.79 Å². The van der Waals surface area contributed by atoms with Crippen molar-refractivity contribution < 1.29 is 9.18 Å². The molecule has 2 fully saturated rings. The lowest BCUT2D eigenvalue weighted by molar-refractivity contribution is -0.129. The van der Waals surface area contributed by atoms with Crippen LogP contribution in [0, 0.1) is 5.82 Å². The highest BCUT2D eigenvalue weighted by atomic mass is 19.1. The number of amides is 1. The zero-order valence-electron chi connectivity index (χ0n) is 12.6. The van der Waals surface area contributed by atoms with Crippen LogP contribution < -0.4 is 10.2 Å². The topological polar surface area (TPSA) is 35.6 Å². The molecule has 1 amide bonds. The third kappa shape index (κ3) is 2.62. The molecule has 0 radical (unpaired) electrons. The lowest BCUT2D eigenvalue weighted by Crippen LogP contribution is -2.51. The Hall–Kier alpha value is -1.62. The fourth-order valence-corrected chi connectivity index (χ4v) is 3.30. The number of hydrogen-bond donors (Lipinski definition) is 1. The van der Waals surface area contributed by atoms with Gasteiger partial charge in [-0.2, -0.15) is 0 Å². The van der Waals surface area contributed by atoms with E-state index in [0.29, 0.717) is 25.2 Å². The summed E-state index contributed by atoms with van der Waals surface area (Å²) < 4.78 is 14.4. The van der Waals surface area contributed by atoms with E-state index in [1.807, 2.05) is 31.0 Å². The van der Waals surface area contributed by atoms with Crippen molar-refractivity contribution in [3.63, 3.8) is 0 Å². The van der Waals surface area contributed by atoms with E-state index in [0.717, 1.165) is 18.5 Å². The Morgan fingerprint density at radius 2 is 2.19 bits per heavy atom. The summed E-state index contributed by atoms with van der Waals surface area (Å²) in [4.78, 5) is 15.7. The Morgan fingerprint density at radius 1 is 1.38 bits per heavy atom. The molecule has 2 atom stereocenters. The SMILES string of the molecule is CNC(C)c1ccc(N2CCN3C(=O)CCC3C2)c(F)c1. The molecule has 4 nitrogen and oxygen atoms in total. The van der Waals surface area contributed by atoms with Gasteiger partial charge in [0.25, 0.3) is 0 Å². The van der Waals surface area contributed by atoms with E-state index >= 15 is 0 Å². The maximum absolute atomic E-state index is 14.4. The first kappa shape index (κ1) is 14.3. The summed E-state index contributed by atoms with van der Waals surface area (Å²) in [6.07, 6.45) is 1.53. The smallest absolute Gasteiger partial charge is 0.223 e. The van der Waals surface area contributed by atoms with Gasteiger partial charge >= 0.3 is 0 Å². The van der Waals surface area contributed by atoms with E-state index in [1.54, 1.807) is 6.07 Å². The number of halogens is 1. The van der Waals surface area contributed by atoms with E-state index < -0.39 is 0 Å². The van der Waals surface area contributed by atoms with Gasteiger partial charge in [-0.3, -0.25) is 4.79 Å². The van der Waals surface area contributed by atoms with Gasteiger partial charge < -0.3 is 15.1 Å². The van der Waals surface area contributed by atoms with E-state index in [-0.39, 0.29) is 23.8 Å². The van der Waals surface area contributed by atoms with E-state index in [4.69, 9.17) is 0 Å². The monoisotopic (exact) mass is 291 g/mol. The maximum Gasteiger partial charge on any atom is 0.223 e. The molecule has 0 saturated carbocycles. The highest BCUT2D eigenvalue weighted by Crippen LogP contribution is 2.29. The van der Waals surface area contributed by atoms with Gasteiger partial charge in [-0.05, 0) is 38.1 Å². The minimum atomic E-state index is -0.174. The van der Waals surface area contributed by atoms with Crippen LogP contribution in [-0.4, -0.2) is 43.5 Å². The number of fused-ring (bicyclic) bond motifs is 1. The standard InChI is InChI=1S/C16H22FN3O/c1-11(18-2)12-3-5-15(14(17)9-12)19-7-8-20-13(10-19)4-6-16(20)21/h3,5,9,11,13,18H,4,6-8,10H2,1-2H3. The van der Waals surface area contributed by atoms with Crippen molar-refractivity contribution in [2.45, 2.75) is 31.8 Å². The number of nitrogens with one attached hydrogen (secondary N) is 1. The van der Waals surface area contributed by atoms with Crippen molar-refractivity contribution in [1.29, 1.82) is 0 Å². The molecule has 5 heteroatoms. The number of benzene rings is 1. The van der Waals surface area contributed by atoms with Crippen molar-refractivity contribution in [2.75, 3.05) is 31.6 Å². The molecule has 2 aliphatic heterocycles. The Labute approximate surface area is 124 Å². The summed E-state index contributed by atoms with van der Waals surface area (Å²) in [5.74, 6) is 0.0747. The summed E-state index contributed by atoms with van der Waals surface area (Å²) in [6, 6.07) is 5.85. The van der Waals surface area contributed by atoms with Crippen LogP contribution >= 0.6 is 0 Å². The fourth-order valence-electron chi connectivity index (χ4n) is 3.30. The van der Waals surface area contributed by atoms with Crippen molar-refractivity contribution >= 4 is 11.6 Å². The molecule has 0 bridgehead atoms. The zero-order valence-corrected chi connectivity index (χ0v) is 12.6. The minimum absolute atomic E-state index is 0.137. The minimum Gasteiger partial charge on any atom is -0.365 e. The molecule has 21 heavy (non-hydrogen) atoms. The molecule has 0 spiro atoms. The van der Waals surface area contributed by atoms with Gasteiger partial charge in [-0.1, -0.05) is 6.07 Å². The molecule has 1 N–H and O–H groups in total. The van der Waals surface area contributed by atoms with Crippen molar-refractivity contribution in [3.05, 3.63) is 29.6 Å². The van der Waals surface area contributed by atoms with E-state index in [2.05, 4.69) is 10.2 Å².